The molecule has 0 spiro atoms. The van der Waals surface area contributed by atoms with E-state index >= 15 is 0 Å². The number of carbonyl (C=O) groups excluding carboxylic acids is 1. The average molecular weight is 326 g/mol. The second-order valence-corrected chi connectivity index (χ2v) is 7.03. The number of nitrogens with zero attached hydrogens (tertiary/aromatic N) is 2. The summed E-state index contributed by atoms with van der Waals surface area (Å²) in [6, 6.07) is 5.30. The molecule has 1 heterocycles. The summed E-state index contributed by atoms with van der Waals surface area (Å²) in [6.07, 6.45) is 0.553. The number of rotatable bonds is 3. The monoisotopic (exact) mass is 326 g/mol. The number of benzene rings is 1. The van der Waals surface area contributed by atoms with Crippen LogP contribution in [0.25, 0.3) is 0 Å². The van der Waals surface area contributed by atoms with Crippen LogP contribution in [0.5, 0.6) is 0 Å². The van der Waals surface area contributed by atoms with Crippen molar-refractivity contribution in [3.8, 4) is 0 Å². The SMILES string of the molecule is CC(=O)N1CCCN(S(=O)(=O)c2cccc(C(=O)O)c2)CC1. The van der Waals surface area contributed by atoms with Crippen molar-refractivity contribution in [2.75, 3.05) is 26.2 Å². The zero-order valence-electron chi connectivity index (χ0n) is 12.2. The van der Waals surface area contributed by atoms with Gasteiger partial charge < -0.3 is 10.0 Å². The Hall–Kier alpha value is -1.93. The van der Waals surface area contributed by atoms with Crippen molar-refractivity contribution in [1.82, 2.24) is 9.21 Å². The van der Waals surface area contributed by atoms with Gasteiger partial charge in [-0.2, -0.15) is 4.31 Å². The molecule has 1 aliphatic rings. The van der Waals surface area contributed by atoms with Gasteiger partial charge in [-0.05, 0) is 24.6 Å². The first-order valence-corrected chi connectivity index (χ1v) is 8.35. The average Bonchev–Trinajstić information content (AvgIpc) is 2.73. The molecule has 0 saturated carbocycles. The quantitative estimate of drug-likeness (QED) is 0.879. The van der Waals surface area contributed by atoms with Gasteiger partial charge >= 0.3 is 5.97 Å². The van der Waals surface area contributed by atoms with E-state index in [0.29, 0.717) is 26.1 Å². The highest BCUT2D eigenvalue weighted by molar-refractivity contribution is 7.89. The summed E-state index contributed by atoms with van der Waals surface area (Å²) < 4.78 is 26.5. The standard InChI is InChI=1S/C14H18N2O5S/c1-11(17)15-6-3-7-16(9-8-15)22(20,21)13-5-2-4-12(10-13)14(18)19/h2,4-5,10H,3,6-9H2,1H3,(H,18,19). The maximum atomic E-state index is 12.6. The van der Waals surface area contributed by atoms with E-state index in [9.17, 15) is 18.0 Å². The van der Waals surface area contributed by atoms with Crippen LogP contribution in [-0.4, -0.2) is 60.8 Å². The van der Waals surface area contributed by atoms with Gasteiger partial charge in [0.25, 0.3) is 0 Å². The number of amides is 1. The fourth-order valence-electron chi connectivity index (χ4n) is 2.39. The van der Waals surface area contributed by atoms with Gasteiger partial charge in [0, 0.05) is 33.1 Å². The van der Waals surface area contributed by atoms with Gasteiger partial charge in [0.2, 0.25) is 15.9 Å². The molecule has 22 heavy (non-hydrogen) atoms. The van der Waals surface area contributed by atoms with E-state index in [0.717, 1.165) is 6.07 Å². The molecule has 1 aliphatic heterocycles. The molecule has 0 aliphatic carbocycles. The number of hydrogen-bond donors (Lipinski definition) is 1. The van der Waals surface area contributed by atoms with Crippen molar-refractivity contribution in [2.24, 2.45) is 0 Å². The molecule has 0 bridgehead atoms. The van der Waals surface area contributed by atoms with Gasteiger partial charge in [-0.1, -0.05) is 6.07 Å². The van der Waals surface area contributed by atoms with Gasteiger partial charge in [0.05, 0.1) is 10.5 Å². The number of carboxylic acid groups (broad SMARTS) is 1. The van der Waals surface area contributed by atoms with Gasteiger partial charge in [-0.25, -0.2) is 13.2 Å². The minimum atomic E-state index is -3.76. The molecule has 8 heteroatoms. The van der Waals surface area contributed by atoms with Crippen LogP contribution in [0.4, 0.5) is 0 Å². The van der Waals surface area contributed by atoms with E-state index in [4.69, 9.17) is 5.11 Å². The lowest BCUT2D eigenvalue weighted by molar-refractivity contribution is -0.128. The van der Waals surface area contributed by atoms with Crippen LogP contribution in [0.2, 0.25) is 0 Å². The summed E-state index contributed by atoms with van der Waals surface area (Å²) in [4.78, 5) is 23.9. The predicted octanol–water partition coefficient (Wildman–Crippen LogP) is 0.628. The highest BCUT2D eigenvalue weighted by atomic mass is 32.2. The molecule has 0 atom stereocenters. The van der Waals surface area contributed by atoms with E-state index in [-0.39, 0.29) is 22.9 Å². The number of aromatic carboxylic acids is 1. The molecule has 2 rings (SSSR count). The summed E-state index contributed by atoms with van der Waals surface area (Å²) in [5.74, 6) is -1.25. The first kappa shape index (κ1) is 16.4. The van der Waals surface area contributed by atoms with Crippen molar-refractivity contribution in [2.45, 2.75) is 18.2 Å². The number of carbonyl (C=O) groups is 2. The number of sulfonamides is 1. The molecule has 7 nitrogen and oxygen atoms in total. The molecule has 0 aromatic heterocycles. The zero-order chi connectivity index (χ0) is 16.3. The Balaban J connectivity index is 2.25. The van der Waals surface area contributed by atoms with E-state index in [1.54, 1.807) is 4.90 Å². The fraction of sp³-hybridized carbons (Fsp3) is 0.429. The molecule has 1 aromatic rings. The molecule has 1 amide bonds. The molecule has 1 aromatic carbocycles. The lowest BCUT2D eigenvalue weighted by atomic mass is 10.2. The molecule has 1 N–H and O–H groups in total. The van der Waals surface area contributed by atoms with E-state index in [1.807, 2.05) is 0 Å². The Morgan fingerprint density at radius 2 is 1.86 bits per heavy atom. The summed E-state index contributed by atoms with van der Waals surface area (Å²) in [7, 11) is -3.76. The second-order valence-electron chi connectivity index (χ2n) is 5.10. The van der Waals surface area contributed by atoms with Crippen molar-refractivity contribution >= 4 is 21.9 Å². The fourth-order valence-corrected chi connectivity index (χ4v) is 3.90. The minimum absolute atomic E-state index is 0.0383. The molecular formula is C14H18N2O5S. The minimum Gasteiger partial charge on any atom is -0.478 e. The summed E-state index contributed by atoms with van der Waals surface area (Å²) in [6.45, 7) is 2.84. The van der Waals surface area contributed by atoms with Crippen LogP contribution in [0, 0.1) is 0 Å². The first-order chi connectivity index (χ1) is 10.3. The van der Waals surface area contributed by atoms with E-state index in [1.165, 1.54) is 29.4 Å². The first-order valence-electron chi connectivity index (χ1n) is 6.91. The van der Waals surface area contributed by atoms with Gasteiger partial charge in [0.15, 0.2) is 0 Å². The van der Waals surface area contributed by atoms with Crippen LogP contribution in [-0.2, 0) is 14.8 Å². The lowest BCUT2D eigenvalue weighted by Gasteiger charge is -2.21. The van der Waals surface area contributed by atoms with E-state index < -0.39 is 16.0 Å². The van der Waals surface area contributed by atoms with Crippen molar-refractivity contribution in [1.29, 1.82) is 0 Å². The summed E-state index contributed by atoms with van der Waals surface area (Å²) in [5.41, 5.74) is -0.0683. The molecule has 1 saturated heterocycles. The molecule has 0 radical (unpaired) electrons. The Morgan fingerprint density at radius 3 is 2.50 bits per heavy atom. The van der Waals surface area contributed by atoms with Crippen LogP contribution < -0.4 is 0 Å². The molecule has 1 fully saturated rings. The largest absolute Gasteiger partial charge is 0.478 e. The molecule has 0 unspecified atom stereocenters. The summed E-state index contributed by atoms with van der Waals surface area (Å²) >= 11 is 0. The molecular weight excluding hydrogens is 308 g/mol. The summed E-state index contributed by atoms with van der Waals surface area (Å²) in [5, 5.41) is 8.97. The van der Waals surface area contributed by atoms with Crippen molar-refractivity contribution < 1.29 is 23.1 Å². The Kier molecular flexibility index (Phi) is 4.82. The van der Waals surface area contributed by atoms with Crippen LogP contribution in [0.3, 0.4) is 0 Å². The Morgan fingerprint density at radius 1 is 1.14 bits per heavy atom. The highest BCUT2D eigenvalue weighted by Crippen LogP contribution is 2.19. The maximum Gasteiger partial charge on any atom is 0.335 e. The van der Waals surface area contributed by atoms with Crippen LogP contribution in [0.1, 0.15) is 23.7 Å². The van der Waals surface area contributed by atoms with Crippen molar-refractivity contribution in [3.05, 3.63) is 29.8 Å². The lowest BCUT2D eigenvalue weighted by Crippen LogP contribution is -2.36. The van der Waals surface area contributed by atoms with Crippen LogP contribution >= 0.6 is 0 Å². The third kappa shape index (κ3) is 3.45. The number of carboxylic acids is 1. The third-order valence-corrected chi connectivity index (χ3v) is 5.51. The Labute approximate surface area is 129 Å². The molecule has 120 valence electrons. The number of hydrogen-bond acceptors (Lipinski definition) is 4. The third-order valence-electron chi connectivity index (χ3n) is 3.62. The Bertz CT molecular complexity index is 686. The highest BCUT2D eigenvalue weighted by Gasteiger charge is 2.27. The predicted molar refractivity (Wildman–Crippen MR) is 79.0 cm³/mol. The smallest absolute Gasteiger partial charge is 0.335 e. The van der Waals surface area contributed by atoms with Crippen molar-refractivity contribution in [3.63, 3.8) is 0 Å². The van der Waals surface area contributed by atoms with Gasteiger partial charge in [-0.3, -0.25) is 4.79 Å². The van der Waals surface area contributed by atoms with Gasteiger partial charge in [-0.15, -0.1) is 0 Å². The van der Waals surface area contributed by atoms with Crippen LogP contribution in [0.15, 0.2) is 29.2 Å². The maximum absolute atomic E-state index is 12.6. The second kappa shape index (κ2) is 6.45. The normalized spacial score (nSPS) is 17.0. The van der Waals surface area contributed by atoms with E-state index in [2.05, 4.69) is 0 Å². The zero-order valence-corrected chi connectivity index (χ0v) is 13.0. The van der Waals surface area contributed by atoms with Gasteiger partial charge in [0.1, 0.15) is 0 Å². The topological polar surface area (TPSA) is 95.0 Å².